The molecule has 2 N–H and O–H groups in total. The van der Waals surface area contributed by atoms with Gasteiger partial charge in [0.25, 0.3) is 0 Å². The highest BCUT2D eigenvalue weighted by atomic mass is 35.5. The Balaban J connectivity index is 0.000000605. The zero-order valence-electron chi connectivity index (χ0n) is 6.68. The smallest absolute Gasteiger partial charge is 0.0464 e. The van der Waals surface area contributed by atoms with Crippen LogP contribution in [0.1, 0.15) is 19.3 Å². The minimum atomic E-state index is 0. The highest BCUT2D eigenvalue weighted by Crippen LogP contribution is 2.57. The van der Waals surface area contributed by atoms with Crippen LogP contribution in [0, 0.1) is 11.3 Å². The molecule has 0 amide bonds. The van der Waals surface area contributed by atoms with E-state index in [0.717, 1.165) is 13.1 Å². The molecule has 0 aromatic heterocycles. The van der Waals surface area contributed by atoms with Crippen LogP contribution in [0.5, 0.6) is 0 Å². The van der Waals surface area contributed by atoms with E-state index in [9.17, 15) is 0 Å². The van der Waals surface area contributed by atoms with Gasteiger partial charge >= 0.3 is 0 Å². The number of nitrogens with one attached hydrogen (secondary N) is 1. The molecule has 1 aliphatic carbocycles. The molecule has 0 bridgehead atoms. The van der Waals surface area contributed by atoms with E-state index in [-0.39, 0.29) is 12.4 Å². The second-order valence-electron chi connectivity index (χ2n) is 3.70. The van der Waals surface area contributed by atoms with Gasteiger partial charge in [0.1, 0.15) is 0 Å². The lowest BCUT2D eigenvalue weighted by atomic mass is 9.92. The van der Waals surface area contributed by atoms with Crippen molar-refractivity contribution in [2.24, 2.45) is 11.3 Å². The van der Waals surface area contributed by atoms with Crippen molar-refractivity contribution < 1.29 is 5.11 Å². The van der Waals surface area contributed by atoms with E-state index in [4.69, 9.17) is 5.11 Å². The normalized spacial score (nSPS) is 33.0. The van der Waals surface area contributed by atoms with Gasteiger partial charge in [-0.05, 0) is 43.7 Å². The van der Waals surface area contributed by atoms with Gasteiger partial charge < -0.3 is 10.4 Å². The summed E-state index contributed by atoms with van der Waals surface area (Å²) in [4.78, 5) is 0. The summed E-state index contributed by atoms with van der Waals surface area (Å²) in [6, 6.07) is 0. The first-order valence-electron chi connectivity index (χ1n) is 4.19. The number of hydrogen-bond donors (Lipinski definition) is 2. The van der Waals surface area contributed by atoms with Crippen LogP contribution in [-0.2, 0) is 0 Å². The van der Waals surface area contributed by atoms with Crippen molar-refractivity contribution in [3.8, 4) is 0 Å². The van der Waals surface area contributed by atoms with Crippen molar-refractivity contribution in [3.05, 3.63) is 0 Å². The lowest BCUT2D eigenvalue weighted by Gasteiger charge is -2.22. The largest absolute Gasteiger partial charge is 0.396 e. The summed E-state index contributed by atoms with van der Waals surface area (Å²) in [7, 11) is 0. The van der Waals surface area contributed by atoms with Crippen LogP contribution in [0.15, 0.2) is 0 Å². The van der Waals surface area contributed by atoms with Gasteiger partial charge in [0.15, 0.2) is 0 Å². The molecule has 0 radical (unpaired) electrons. The zero-order valence-corrected chi connectivity index (χ0v) is 7.49. The molecule has 1 heterocycles. The first-order chi connectivity index (χ1) is 4.87. The third-order valence-electron chi connectivity index (χ3n) is 3.18. The molecule has 2 nitrogen and oxygen atoms in total. The minimum Gasteiger partial charge on any atom is -0.396 e. The number of aliphatic hydroxyl groups is 1. The van der Waals surface area contributed by atoms with Gasteiger partial charge in [-0.15, -0.1) is 12.4 Å². The molecule has 0 aromatic rings. The Kier molecular flexibility index (Phi) is 2.79. The van der Waals surface area contributed by atoms with E-state index >= 15 is 0 Å². The molecular weight excluding hydrogens is 162 g/mol. The van der Waals surface area contributed by atoms with E-state index in [2.05, 4.69) is 5.32 Å². The first-order valence-corrected chi connectivity index (χ1v) is 4.19. The molecule has 1 saturated heterocycles. The highest BCUT2D eigenvalue weighted by Gasteiger charge is 2.52. The Morgan fingerprint density at radius 2 is 2.00 bits per heavy atom. The summed E-state index contributed by atoms with van der Waals surface area (Å²) in [6.45, 7) is 2.74. The lowest BCUT2D eigenvalue weighted by Crippen LogP contribution is -2.30. The fraction of sp³-hybridized carbons (Fsp3) is 1.00. The predicted molar refractivity (Wildman–Crippen MR) is 47.0 cm³/mol. The van der Waals surface area contributed by atoms with E-state index in [0.29, 0.717) is 17.9 Å². The third-order valence-corrected chi connectivity index (χ3v) is 3.18. The maximum Gasteiger partial charge on any atom is 0.0464 e. The van der Waals surface area contributed by atoms with E-state index in [1.54, 1.807) is 0 Å². The average molecular weight is 178 g/mol. The molecule has 3 heteroatoms. The predicted octanol–water partition coefficient (Wildman–Crippen LogP) is 0.790. The summed E-state index contributed by atoms with van der Waals surface area (Å²) < 4.78 is 0. The zero-order chi connectivity index (χ0) is 7.03. The topological polar surface area (TPSA) is 32.3 Å². The van der Waals surface area contributed by atoms with Crippen LogP contribution in [0.4, 0.5) is 0 Å². The Morgan fingerprint density at radius 3 is 2.45 bits per heavy atom. The van der Waals surface area contributed by atoms with E-state index in [1.165, 1.54) is 19.3 Å². The fourth-order valence-electron chi connectivity index (χ4n) is 2.23. The summed E-state index contributed by atoms with van der Waals surface area (Å²) in [5.74, 6) is 0.648. The average Bonchev–Trinajstić information content (AvgIpc) is 2.65. The Morgan fingerprint density at radius 1 is 1.36 bits per heavy atom. The third kappa shape index (κ3) is 1.53. The van der Waals surface area contributed by atoms with Gasteiger partial charge in [-0.25, -0.2) is 0 Å². The monoisotopic (exact) mass is 177 g/mol. The van der Waals surface area contributed by atoms with E-state index in [1.807, 2.05) is 0 Å². The van der Waals surface area contributed by atoms with Crippen molar-refractivity contribution in [1.29, 1.82) is 0 Å². The van der Waals surface area contributed by atoms with Crippen molar-refractivity contribution in [1.82, 2.24) is 5.32 Å². The molecule has 1 saturated carbocycles. The Hall–Kier alpha value is 0.210. The molecule has 0 unspecified atom stereocenters. The van der Waals surface area contributed by atoms with Gasteiger partial charge in [-0.3, -0.25) is 0 Å². The van der Waals surface area contributed by atoms with Crippen LogP contribution < -0.4 is 5.32 Å². The number of halogens is 1. The maximum absolute atomic E-state index is 8.90. The van der Waals surface area contributed by atoms with Crippen molar-refractivity contribution >= 4 is 12.4 Å². The standard InChI is InChI=1S/C8H15NO.ClH/c10-6-7-5-8(7)1-3-9-4-2-8;/h7,9-10H,1-6H2;1H/t7-;/m0./s1. The second-order valence-corrected chi connectivity index (χ2v) is 3.70. The summed E-state index contributed by atoms with van der Waals surface area (Å²) in [5, 5.41) is 12.2. The van der Waals surface area contributed by atoms with Crippen LogP contribution in [0.2, 0.25) is 0 Å². The van der Waals surface area contributed by atoms with Crippen molar-refractivity contribution in [2.45, 2.75) is 19.3 Å². The van der Waals surface area contributed by atoms with Crippen LogP contribution in [-0.4, -0.2) is 24.8 Å². The molecular formula is C8H16ClNO. The number of aliphatic hydroxyl groups excluding tert-OH is 1. The Labute approximate surface area is 73.8 Å². The molecule has 0 aromatic carbocycles. The Bertz CT molecular complexity index is 134. The van der Waals surface area contributed by atoms with Crippen molar-refractivity contribution in [3.63, 3.8) is 0 Å². The maximum atomic E-state index is 8.90. The van der Waals surface area contributed by atoms with Gasteiger partial charge in [0, 0.05) is 6.61 Å². The van der Waals surface area contributed by atoms with Crippen molar-refractivity contribution in [2.75, 3.05) is 19.7 Å². The number of hydrogen-bond acceptors (Lipinski definition) is 2. The quantitative estimate of drug-likeness (QED) is 0.621. The van der Waals surface area contributed by atoms with Crippen LogP contribution >= 0.6 is 12.4 Å². The molecule has 1 spiro atoms. The summed E-state index contributed by atoms with van der Waals surface area (Å²) in [5.41, 5.74) is 0.583. The number of rotatable bonds is 1. The SMILES string of the molecule is Cl.OC[C@@H]1CC12CCNCC2. The van der Waals surface area contributed by atoms with Crippen LogP contribution in [0.3, 0.4) is 0 Å². The molecule has 2 aliphatic rings. The van der Waals surface area contributed by atoms with Gasteiger partial charge in [0.2, 0.25) is 0 Å². The molecule has 66 valence electrons. The summed E-state index contributed by atoms with van der Waals surface area (Å²) in [6.07, 6.45) is 3.86. The lowest BCUT2D eigenvalue weighted by molar-refractivity contribution is 0.227. The highest BCUT2D eigenvalue weighted by molar-refractivity contribution is 5.85. The summed E-state index contributed by atoms with van der Waals surface area (Å²) >= 11 is 0. The fourth-order valence-corrected chi connectivity index (χ4v) is 2.23. The number of piperidine rings is 1. The molecule has 11 heavy (non-hydrogen) atoms. The minimum absolute atomic E-state index is 0. The molecule has 2 fully saturated rings. The van der Waals surface area contributed by atoms with Crippen LogP contribution in [0.25, 0.3) is 0 Å². The molecule has 1 aliphatic heterocycles. The first kappa shape index (κ1) is 9.30. The molecule has 1 atom stereocenters. The van der Waals surface area contributed by atoms with Gasteiger partial charge in [-0.2, -0.15) is 0 Å². The second kappa shape index (κ2) is 3.30. The molecule has 2 rings (SSSR count). The van der Waals surface area contributed by atoms with E-state index < -0.39 is 0 Å². The van der Waals surface area contributed by atoms with Gasteiger partial charge in [0.05, 0.1) is 0 Å². The van der Waals surface area contributed by atoms with Gasteiger partial charge in [-0.1, -0.05) is 0 Å².